The third-order valence-corrected chi connectivity index (χ3v) is 5.37. The molecule has 3 heterocycles. The fraction of sp³-hybridized carbons (Fsp3) is 0.476. The van der Waals surface area contributed by atoms with Crippen LogP contribution in [-0.4, -0.2) is 61.3 Å². The van der Waals surface area contributed by atoms with Crippen molar-refractivity contribution in [3.05, 3.63) is 47.7 Å². The van der Waals surface area contributed by atoms with Crippen molar-refractivity contribution in [2.24, 2.45) is 0 Å². The van der Waals surface area contributed by atoms with Crippen LogP contribution in [0.3, 0.4) is 0 Å². The van der Waals surface area contributed by atoms with Crippen molar-refractivity contribution in [2.45, 2.75) is 25.9 Å². The molecule has 8 heteroatoms. The number of aryl methyl sites for hydroxylation is 1. The summed E-state index contributed by atoms with van der Waals surface area (Å²) >= 11 is 0. The van der Waals surface area contributed by atoms with E-state index in [2.05, 4.69) is 20.2 Å². The van der Waals surface area contributed by atoms with Gasteiger partial charge in [-0.05, 0) is 31.9 Å². The second-order valence-electron chi connectivity index (χ2n) is 7.43. The molecule has 1 aromatic heterocycles. The van der Waals surface area contributed by atoms with Crippen molar-refractivity contribution in [1.29, 1.82) is 0 Å². The maximum Gasteiger partial charge on any atom is 0.270 e. The van der Waals surface area contributed by atoms with Gasteiger partial charge in [0.15, 0.2) is 0 Å². The number of anilines is 2. The van der Waals surface area contributed by atoms with Crippen LogP contribution in [0.2, 0.25) is 0 Å². The first-order valence-corrected chi connectivity index (χ1v) is 10.1. The van der Waals surface area contributed by atoms with E-state index < -0.39 is 0 Å². The molecule has 1 atom stereocenters. The molecule has 2 aliphatic rings. The molecular formula is C21H26FN5O2. The first-order valence-electron chi connectivity index (χ1n) is 10.1. The zero-order valence-electron chi connectivity index (χ0n) is 16.6. The zero-order valence-corrected chi connectivity index (χ0v) is 16.6. The van der Waals surface area contributed by atoms with Gasteiger partial charge in [0, 0.05) is 45.4 Å². The van der Waals surface area contributed by atoms with Gasteiger partial charge < -0.3 is 19.9 Å². The summed E-state index contributed by atoms with van der Waals surface area (Å²) in [7, 11) is 0. The lowest BCUT2D eigenvalue weighted by atomic mass is 10.2. The number of benzene rings is 1. The number of rotatable bonds is 5. The number of hydrogen-bond donors (Lipinski definition) is 1. The highest BCUT2D eigenvalue weighted by Crippen LogP contribution is 2.22. The average molecular weight is 399 g/mol. The minimum Gasteiger partial charge on any atom is -0.376 e. The number of aromatic nitrogens is 2. The summed E-state index contributed by atoms with van der Waals surface area (Å²) in [6.45, 7) is 5.81. The molecule has 2 aromatic rings. The van der Waals surface area contributed by atoms with Gasteiger partial charge in [-0.2, -0.15) is 0 Å². The van der Waals surface area contributed by atoms with Crippen molar-refractivity contribution in [2.75, 3.05) is 49.1 Å². The molecule has 2 saturated heterocycles. The molecule has 2 fully saturated rings. The van der Waals surface area contributed by atoms with Gasteiger partial charge in [-0.15, -0.1) is 0 Å². The highest BCUT2D eigenvalue weighted by Gasteiger charge is 2.22. The molecule has 0 spiro atoms. The van der Waals surface area contributed by atoms with Crippen LogP contribution in [0.1, 0.15) is 29.2 Å². The maximum absolute atomic E-state index is 14.0. The molecule has 1 N–H and O–H groups in total. The first kappa shape index (κ1) is 19.6. The molecule has 0 bridgehead atoms. The summed E-state index contributed by atoms with van der Waals surface area (Å²) in [5, 5.41) is 2.91. The van der Waals surface area contributed by atoms with E-state index in [4.69, 9.17) is 4.74 Å². The molecule has 0 aliphatic carbocycles. The Morgan fingerprint density at radius 3 is 2.69 bits per heavy atom. The van der Waals surface area contributed by atoms with E-state index in [-0.39, 0.29) is 17.8 Å². The Morgan fingerprint density at radius 1 is 1.21 bits per heavy atom. The SMILES string of the molecule is Cc1nc(C(=O)NCC2CCCO2)cc(N2CCN(c3ccccc3F)CC2)n1. The van der Waals surface area contributed by atoms with E-state index in [0.717, 1.165) is 25.3 Å². The fourth-order valence-electron chi connectivity index (χ4n) is 3.82. The summed E-state index contributed by atoms with van der Waals surface area (Å²) in [6.07, 6.45) is 2.10. The molecular weight excluding hydrogens is 373 g/mol. The second kappa shape index (κ2) is 8.73. The minimum atomic E-state index is -0.211. The lowest BCUT2D eigenvalue weighted by Gasteiger charge is -2.37. The molecule has 1 aromatic carbocycles. The van der Waals surface area contributed by atoms with Crippen LogP contribution in [0.15, 0.2) is 30.3 Å². The monoisotopic (exact) mass is 399 g/mol. The van der Waals surface area contributed by atoms with Gasteiger partial charge in [0.2, 0.25) is 0 Å². The Bertz CT molecular complexity index is 864. The number of halogens is 1. The van der Waals surface area contributed by atoms with E-state index in [0.29, 0.717) is 49.9 Å². The van der Waals surface area contributed by atoms with Crippen molar-refractivity contribution in [3.63, 3.8) is 0 Å². The number of carbonyl (C=O) groups is 1. The molecule has 1 unspecified atom stereocenters. The first-order chi connectivity index (χ1) is 14.1. The highest BCUT2D eigenvalue weighted by molar-refractivity contribution is 5.93. The molecule has 0 saturated carbocycles. The van der Waals surface area contributed by atoms with Gasteiger partial charge in [-0.1, -0.05) is 12.1 Å². The van der Waals surface area contributed by atoms with Gasteiger partial charge in [0.05, 0.1) is 11.8 Å². The van der Waals surface area contributed by atoms with Crippen LogP contribution < -0.4 is 15.1 Å². The van der Waals surface area contributed by atoms with Crippen molar-refractivity contribution < 1.29 is 13.9 Å². The topological polar surface area (TPSA) is 70.6 Å². The van der Waals surface area contributed by atoms with Gasteiger partial charge in [0.25, 0.3) is 5.91 Å². The van der Waals surface area contributed by atoms with Crippen LogP contribution in [0.4, 0.5) is 15.9 Å². The van der Waals surface area contributed by atoms with Crippen LogP contribution in [-0.2, 0) is 4.74 Å². The molecule has 4 rings (SSSR count). The van der Waals surface area contributed by atoms with E-state index in [9.17, 15) is 9.18 Å². The van der Waals surface area contributed by atoms with E-state index in [1.807, 2.05) is 11.0 Å². The highest BCUT2D eigenvalue weighted by atomic mass is 19.1. The van der Waals surface area contributed by atoms with Crippen LogP contribution in [0.5, 0.6) is 0 Å². The summed E-state index contributed by atoms with van der Waals surface area (Å²) in [6, 6.07) is 8.56. The van der Waals surface area contributed by atoms with Gasteiger partial charge in [0.1, 0.15) is 23.2 Å². The molecule has 2 aliphatic heterocycles. The van der Waals surface area contributed by atoms with Gasteiger partial charge >= 0.3 is 0 Å². The smallest absolute Gasteiger partial charge is 0.270 e. The third-order valence-electron chi connectivity index (χ3n) is 5.37. The van der Waals surface area contributed by atoms with Crippen LogP contribution in [0.25, 0.3) is 0 Å². The Balaban J connectivity index is 1.40. The van der Waals surface area contributed by atoms with Crippen LogP contribution >= 0.6 is 0 Å². The minimum absolute atomic E-state index is 0.0906. The lowest BCUT2D eigenvalue weighted by Crippen LogP contribution is -2.47. The standard InChI is InChI=1S/C21H26FN5O2/c1-15-24-18(21(28)23-14-16-5-4-12-29-16)13-20(25-15)27-10-8-26(9-11-27)19-7-3-2-6-17(19)22/h2-3,6-7,13,16H,4-5,8-12,14H2,1H3,(H,23,28). The summed E-state index contributed by atoms with van der Waals surface area (Å²) in [5.41, 5.74) is 0.988. The van der Waals surface area contributed by atoms with Crippen molar-refractivity contribution >= 4 is 17.4 Å². The quantitative estimate of drug-likeness (QED) is 0.831. The lowest BCUT2D eigenvalue weighted by molar-refractivity contribution is 0.0853. The number of para-hydroxylation sites is 1. The second-order valence-corrected chi connectivity index (χ2v) is 7.43. The zero-order chi connectivity index (χ0) is 20.2. The Kier molecular flexibility index (Phi) is 5.89. The Morgan fingerprint density at radius 2 is 1.97 bits per heavy atom. The molecule has 1 amide bonds. The Labute approximate surface area is 169 Å². The molecule has 0 radical (unpaired) electrons. The predicted octanol–water partition coefficient (Wildman–Crippen LogP) is 2.16. The van der Waals surface area contributed by atoms with Gasteiger partial charge in [-0.25, -0.2) is 14.4 Å². The summed E-state index contributed by atoms with van der Waals surface area (Å²) in [5.74, 6) is 0.871. The fourth-order valence-corrected chi connectivity index (χ4v) is 3.82. The predicted molar refractivity (Wildman–Crippen MR) is 109 cm³/mol. The van der Waals surface area contributed by atoms with Crippen molar-refractivity contribution in [3.8, 4) is 0 Å². The van der Waals surface area contributed by atoms with E-state index >= 15 is 0 Å². The van der Waals surface area contributed by atoms with E-state index in [1.54, 1.807) is 25.1 Å². The number of nitrogens with zero attached hydrogens (tertiary/aromatic N) is 4. The molecule has 7 nitrogen and oxygen atoms in total. The molecule has 29 heavy (non-hydrogen) atoms. The number of amides is 1. The number of hydrogen-bond acceptors (Lipinski definition) is 6. The van der Waals surface area contributed by atoms with Crippen molar-refractivity contribution in [1.82, 2.24) is 15.3 Å². The normalized spacial score (nSPS) is 19.4. The third kappa shape index (κ3) is 4.64. The molecule has 154 valence electrons. The van der Waals surface area contributed by atoms with Gasteiger partial charge in [-0.3, -0.25) is 4.79 Å². The summed E-state index contributed by atoms with van der Waals surface area (Å²) < 4.78 is 19.6. The average Bonchev–Trinajstić information content (AvgIpc) is 3.26. The number of ether oxygens (including phenoxy) is 1. The van der Waals surface area contributed by atoms with Crippen LogP contribution in [0, 0.1) is 12.7 Å². The summed E-state index contributed by atoms with van der Waals surface area (Å²) in [4.78, 5) is 25.5. The number of piperazine rings is 1. The Hall–Kier alpha value is -2.74. The maximum atomic E-state index is 14.0. The number of carbonyl (C=O) groups excluding carboxylic acids is 1. The number of nitrogens with one attached hydrogen (secondary N) is 1. The largest absolute Gasteiger partial charge is 0.376 e. The van der Waals surface area contributed by atoms with E-state index in [1.165, 1.54) is 6.07 Å².